The molecule has 0 unspecified atom stereocenters. The van der Waals surface area contributed by atoms with Crippen molar-refractivity contribution in [2.45, 2.75) is 73.3 Å². The highest BCUT2D eigenvalue weighted by Gasteiger charge is 2.25. The van der Waals surface area contributed by atoms with Gasteiger partial charge in [-0.1, -0.05) is 47.5 Å². The van der Waals surface area contributed by atoms with Crippen LogP contribution in [0.1, 0.15) is 67.7 Å². The van der Waals surface area contributed by atoms with Gasteiger partial charge >= 0.3 is 0 Å². The predicted molar refractivity (Wildman–Crippen MR) is 82.9 cm³/mol. The fourth-order valence-corrected chi connectivity index (χ4v) is 2.79. The summed E-state index contributed by atoms with van der Waals surface area (Å²) in [6, 6.07) is 0. The van der Waals surface area contributed by atoms with Crippen molar-refractivity contribution in [2.75, 3.05) is 20.3 Å². The largest absolute Gasteiger partial charge is 0.299 e. The summed E-state index contributed by atoms with van der Waals surface area (Å²) in [6.07, 6.45) is 3.76. The molecule has 0 aromatic heterocycles. The molecule has 2 heteroatoms. The first-order valence-electron chi connectivity index (χ1n) is 7.53. The molecular weight excluding hydrogens is 220 g/mol. The molecule has 0 rings (SSSR count). The van der Waals surface area contributed by atoms with E-state index in [4.69, 9.17) is 0 Å². The van der Waals surface area contributed by atoms with Crippen LogP contribution in [0, 0.1) is 11.3 Å². The third-order valence-corrected chi connectivity index (χ3v) is 3.52. The fraction of sp³-hybridized carbons (Fsp3) is 1.00. The summed E-state index contributed by atoms with van der Waals surface area (Å²) in [5.41, 5.74) is 0.588. The summed E-state index contributed by atoms with van der Waals surface area (Å²) in [7, 11) is 2.22. The van der Waals surface area contributed by atoms with Gasteiger partial charge in [0.05, 0.1) is 0 Å². The maximum atomic E-state index is 3.69. The molecule has 110 valence electrons. The molecule has 0 aliphatic heterocycles. The fourth-order valence-electron chi connectivity index (χ4n) is 2.79. The molecular formula is C16H36N2. The van der Waals surface area contributed by atoms with Crippen molar-refractivity contribution in [3.8, 4) is 0 Å². The van der Waals surface area contributed by atoms with E-state index in [1.807, 2.05) is 0 Å². The van der Waals surface area contributed by atoms with E-state index in [1.54, 1.807) is 0 Å². The van der Waals surface area contributed by atoms with Crippen LogP contribution in [0.15, 0.2) is 0 Å². The molecule has 0 heterocycles. The van der Waals surface area contributed by atoms with Crippen LogP contribution in [-0.2, 0) is 0 Å². The van der Waals surface area contributed by atoms with E-state index in [1.165, 1.54) is 25.8 Å². The third kappa shape index (κ3) is 8.93. The van der Waals surface area contributed by atoms with Gasteiger partial charge in [-0.05, 0) is 38.6 Å². The molecule has 0 saturated heterocycles. The predicted octanol–water partition coefficient (Wildman–Crippen LogP) is 4.12. The van der Waals surface area contributed by atoms with E-state index < -0.39 is 0 Å². The Morgan fingerprint density at radius 3 is 1.89 bits per heavy atom. The van der Waals surface area contributed by atoms with Gasteiger partial charge < -0.3 is 0 Å². The average molecular weight is 256 g/mol. The molecule has 0 aliphatic carbocycles. The Morgan fingerprint density at radius 2 is 1.50 bits per heavy atom. The Labute approximate surface area is 116 Å². The van der Waals surface area contributed by atoms with Gasteiger partial charge in [0.25, 0.3) is 0 Å². The van der Waals surface area contributed by atoms with Crippen molar-refractivity contribution in [2.24, 2.45) is 11.3 Å². The Hall–Kier alpha value is -0.0800. The Balaban J connectivity index is 4.07. The highest BCUT2D eigenvalue weighted by atomic mass is 15.2. The minimum atomic E-state index is 0.209. The van der Waals surface area contributed by atoms with Crippen LogP contribution in [0.2, 0.25) is 0 Å². The molecule has 0 amide bonds. The van der Waals surface area contributed by atoms with Gasteiger partial charge in [0.1, 0.15) is 0 Å². The van der Waals surface area contributed by atoms with Crippen LogP contribution < -0.4 is 5.32 Å². The van der Waals surface area contributed by atoms with Gasteiger partial charge in [-0.2, -0.15) is 0 Å². The van der Waals surface area contributed by atoms with Gasteiger partial charge in [-0.3, -0.25) is 10.2 Å². The number of nitrogens with one attached hydrogen (secondary N) is 1. The van der Waals surface area contributed by atoms with Crippen molar-refractivity contribution in [3.05, 3.63) is 0 Å². The Morgan fingerprint density at radius 1 is 1.00 bits per heavy atom. The number of hydrogen-bond donors (Lipinski definition) is 1. The minimum absolute atomic E-state index is 0.209. The molecule has 0 atom stereocenters. The molecule has 0 radical (unpaired) electrons. The summed E-state index contributed by atoms with van der Waals surface area (Å²) >= 11 is 0. The molecule has 0 bridgehead atoms. The zero-order valence-electron chi connectivity index (χ0n) is 14.1. The molecule has 0 aliphatic rings. The van der Waals surface area contributed by atoms with E-state index >= 15 is 0 Å². The highest BCUT2D eigenvalue weighted by molar-refractivity contribution is 4.83. The maximum Gasteiger partial charge on any atom is 0.0481 e. The first-order chi connectivity index (χ1) is 8.09. The smallest absolute Gasteiger partial charge is 0.0481 e. The second-order valence-electron chi connectivity index (χ2n) is 7.68. The molecule has 2 nitrogen and oxygen atoms in total. The summed E-state index contributed by atoms with van der Waals surface area (Å²) in [4.78, 5) is 2.42. The SMILES string of the molecule is CCC(CC)CN(C)CNC(C)(C)CC(C)(C)C. The van der Waals surface area contributed by atoms with Gasteiger partial charge in [0.2, 0.25) is 0 Å². The van der Waals surface area contributed by atoms with Crippen LogP contribution in [0.3, 0.4) is 0 Å². The lowest BCUT2D eigenvalue weighted by atomic mass is 9.82. The number of nitrogens with zero attached hydrogens (tertiary/aromatic N) is 1. The van der Waals surface area contributed by atoms with Crippen molar-refractivity contribution < 1.29 is 0 Å². The monoisotopic (exact) mass is 256 g/mol. The number of hydrogen-bond acceptors (Lipinski definition) is 2. The molecule has 0 saturated carbocycles. The van der Waals surface area contributed by atoms with E-state index in [-0.39, 0.29) is 5.54 Å². The zero-order chi connectivity index (χ0) is 14.4. The topological polar surface area (TPSA) is 15.3 Å². The first-order valence-corrected chi connectivity index (χ1v) is 7.53. The second kappa shape index (κ2) is 7.49. The molecule has 1 N–H and O–H groups in total. The molecule has 0 fully saturated rings. The highest BCUT2D eigenvalue weighted by Crippen LogP contribution is 2.26. The van der Waals surface area contributed by atoms with E-state index in [2.05, 4.69) is 65.7 Å². The number of rotatable bonds is 8. The van der Waals surface area contributed by atoms with Crippen LogP contribution in [0.4, 0.5) is 0 Å². The molecule has 0 spiro atoms. The van der Waals surface area contributed by atoms with Crippen LogP contribution in [-0.4, -0.2) is 30.7 Å². The van der Waals surface area contributed by atoms with E-state index in [0.717, 1.165) is 12.6 Å². The van der Waals surface area contributed by atoms with E-state index in [9.17, 15) is 0 Å². The third-order valence-electron chi connectivity index (χ3n) is 3.52. The van der Waals surface area contributed by atoms with Crippen molar-refractivity contribution in [1.29, 1.82) is 0 Å². The summed E-state index contributed by atoms with van der Waals surface area (Å²) < 4.78 is 0. The van der Waals surface area contributed by atoms with Crippen molar-refractivity contribution >= 4 is 0 Å². The molecule has 0 aromatic carbocycles. The molecule has 0 aromatic rings. The molecule has 18 heavy (non-hydrogen) atoms. The lowest BCUT2D eigenvalue weighted by Gasteiger charge is -2.35. The van der Waals surface area contributed by atoms with Crippen molar-refractivity contribution in [3.63, 3.8) is 0 Å². The van der Waals surface area contributed by atoms with E-state index in [0.29, 0.717) is 5.41 Å². The lowest BCUT2D eigenvalue weighted by molar-refractivity contribution is 0.183. The van der Waals surface area contributed by atoms with Gasteiger partial charge in [-0.25, -0.2) is 0 Å². The summed E-state index contributed by atoms with van der Waals surface area (Å²) in [6.45, 7) is 18.3. The standard InChI is InChI=1S/C16H36N2/c1-9-14(10-2)11-18(8)13-17-16(6,7)12-15(3,4)5/h14,17H,9-13H2,1-8H3. The van der Waals surface area contributed by atoms with Gasteiger partial charge in [-0.15, -0.1) is 0 Å². The maximum absolute atomic E-state index is 3.69. The lowest BCUT2D eigenvalue weighted by Crippen LogP contribution is -2.47. The van der Waals surface area contributed by atoms with Gasteiger partial charge in [0.15, 0.2) is 0 Å². The van der Waals surface area contributed by atoms with Crippen LogP contribution >= 0.6 is 0 Å². The Bertz CT molecular complexity index is 212. The van der Waals surface area contributed by atoms with Crippen LogP contribution in [0.5, 0.6) is 0 Å². The average Bonchev–Trinajstić information content (AvgIpc) is 2.20. The summed E-state index contributed by atoms with van der Waals surface area (Å²) in [5, 5.41) is 3.69. The summed E-state index contributed by atoms with van der Waals surface area (Å²) in [5.74, 6) is 0.836. The quantitative estimate of drug-likeness (QED) is 0.657. The zero-order valence-corrected chi connectivity index (χ0v) is 14.1. The minimum Gasteiger partial charge on any atom is -0.299 e. The van der Waals surface area contributed by atoms with Gasteiger partial charge in [0, 0.05) is 18.8 Å². The normalized spacial score (nSPS) is 13.7. The first kappa shape index (κ1) is 17.9. The second-order valence-corrected chi connectivity index (χ2v) is 7.68. The van der Waals surface area contributed by atoms with Crippen molar-refractivity contribution in [1.82, 2.24) is 10.2 Å². The van der Waals surface area contributed by atoms with Crippen LogP contribution in [0.25, 0.3) is 0 Å². The Kier molecular flexibility index (Phi) is 7.46.